The molecule has 1 aromatic heterocycles. The molecule has 2 amide bonds. The molecule has 14 heteroatoms. The van der Waals surface area contributed by atoms with Gasteiger partial charge in [-0.3, -0.25) is 14.4 Å². The molecule has 0 spiro atoms. The lowest BCUT2D eigenvalue weighted by Gasteiger charge is -2.18. The zero-order valence-electron chi connectivity index (χ0n) is 19.1. The fraction of sp³-hybridized carbons (Fsp3) is 0.0769. The fourth-order valence-corrected chi connectivity index (χ4v) is 10.0. The molecule has 6 rings (SSSR count). The highest BCUT2D eigenvalue weighted by molar-refractivity contribution is 9.15. The zero-order valence-corrected chi connectivity index (χ0v) is 31.8. The molecule has 2 atom stereocenters. The first-order valence-corrected chi connectivity index (χ1v) is 17.4. The van der Waals surface area contributed by atoms with Crippen LogP contribution in [0.15, 0.2) is 66.1 Å². The highest BCUT2D eigenvalue weighted by Gasteiger charge is 2.46. The molecule has 1 aliphatic heterocycles. The van der Waals surface area contributed by atoms with Crippen LogP contribution in [0.5, 0.6) is 0 Å². The predicted molar refractivity (Wildman–Crippen MR) is 179 cm³/mol. The number of fused-ring (bicyclic) bond motifs is 3. The smallest absolute Gasteiger partial charge is 0.267 e. The van der Waals surface area contributed by atoms with Crippen LogP contribution >= 0.6 is 127 Å². The molecule has 4 aromatic rings. The third-order valence-electron chi connectivity index (χ3n) is 6.82. The van der Waals surface area contributed by atoms with E-state index in [1.165, 1.54) is 0 Å². The maximum Gasteiger partial charge on any atom is 0.267 e. The molecular weight excluding hydrogens is 1040 g/mol. The van der Waals surface area contributed by atoms with Gasteiger partial charge >= 0.3 is 0 Å². The van der Waals surface area contributed by atoms with Crippen molar-refractivity contribution >= 4 is 162 Å². The van der Waals surface area contributed by atoms with Gasteiger partial charge in [-0.15, -0.1) is 0 Å². The van der Waals surface area contributed by atoms with Crippen LogP contribution in [0.1, 0.15) is 54.4 Å². The summed E-state index contributed by atoms with van der Waals surface area (Å²) in [6, 6.07) is 8.61. The van der Waals surface area contributed by atoms with Crippen LogP contribution in [0.2, 0.25) is 0 Å². The number of Topliss-reactive ketones (excluding diaryl/α,β-unsaturated/α-hetero) is 1. The van der Waals surface area contributed by atoms with Crippen molar-refractivity contribution in [1.29, 1.82) is 0 Å². The number of hydrogen-bond donors (Lipinski definition) is 1. The maximum atomic E-state index is 13.7. The van der Waals surface area contributed by atoms with Crippen LogP contribution in [-0.4, -0.2) is 27.7 Å². The second kappa shape index (κ2) is 10.7. The molecule has 3 aromatic carbocycles. The van der Waals surface area contributed by atoms with Crippen molar-refractivity contribution in [1.82, 2.24) is 4.98 Å². The number of pyridine rings is 1. The monoisotopic (exact) mass is 1040 g/mol. The van der Waals surface area contributed by atoms with Gasteiger partial charge < -0.3 is 5.11 Å². The van der Waals surface area contributed by atoms with Crippen molar-refractivity contribution < 1.29 is 19.5 Å². The number of ketones is 1. The lowest BCUT2D eigenvalue weighted by atomic mass is 9.97. The second-order valence-corrected chi connectivity index (χ2v) is 15.2. The summed E-state index contributed by atoms with van der Waals surface area (Å²) in [5.74, 6) is -2.35. The van der Waals surface area contributed by atoms with E-state index in [2.05, 4.69) is 127 Å². The number of aliphatic hydroxyl groups is 1. The van der Waals surface area contributed by atoms with Crippen molar-refractivity contribution in [3.05, 3.63) is 94.1 Å². The Labute approximate surface area is 293 Å². The third-order valence-corrected chi connectivity index (χ3v) is 16.4. The summed E-state index contributed by atoms with van der Waals surface area (Å²) in [4.78, 5) is 46.9. The summed E-state index contributed by atoms with van der Waals surface area (Å²) < 4.78 is 4.42. The molecule has 0 radical (unpaired) electrons. The minimum absolute atomic E-state index is 0.211. The number of benzene rings is 3. The number of aliphatic hydroxyl groups excluding tert-OH is 1. The quantitative estimate of drug-likeness (QED) is 0.123. The number of halogens is 8. The van der Waals surface area contributed by atoms with Crippen LogP contribution in [0, 0.1) is 0 Å². The number of imide groups is 1. The average Bonchev–Trinajstić information content (AvgIpc) is 3.35. The molecule has 2 heterocycles. The lowest BCUT2D eigenvalue weighted by Crippen LogP contribution is -2.30. The minimum atomic E-state index is -1.18. The molecule has 1 aliphatic carbocycles. The van der Waals surface area contributed by atoms with Crippen LogP contribution in [-0.2, 0) is 0 Å². The Kier molecular flexibility index (Phi) is 7.95. The zero-order chi connectivity index (χ0) is 28.9. The number of nitrogens with zero attached hydrogens (tertiary/aromatic N) is 2. The number of carbonyl (C=O) groups is 3. The summed E-state index contributed by atoms with van der Waals surface area (Å²) in [6.07, 6.45) is -1.18. The van der Waals surface area contributed by atoms with Gasteiger partial charge in [0.2, 0.25) is 0 Å². The number of aromatic nitrogens is 1. The Morgan fingerprint density at radius 1 is 0.650 bits per heavy atom. The van der Waals surface area contributed by atoms with E-state index in [9.17, 15) is 19.5 Å². The SMILES string of the molecule is O=C1c2c(Br)c(Br)c(Br)c(Br)c2C(O)C1c1ccc2cccc(N3C(=O)c4c(Br)c(Br)c(Br)c(Br)c4C3=O)c2n1. The lowest BCUT2D eigenvalue weighted by molar-refractivity contribution is 0.0864. The largest absolute Gasteiger partial charge is 0.387 e. The average molecular weight is 1050 g/mol. The van der Waals surface area contributed by atoms with Gasteiger partial charge in [-0.25, -0.2) is 9.88 Å². The van der Waals surface area contributed by atoms with E-state index >= 15 is 0 Å². The van der Waals surface area contributed by atoms with Crippen LogP contribution in [0.4, 0.5) is 5.69 Å². The Hall–Kier alpha value is -0.320. The number of carbonyl (C=O) groups excluding carboxylic acids is 3. The first-order valence-electron chi connectivity index (χ1n) is 11.1. The van der Waals surface area contributed by atoms with Gasteiger partial charge in [-0.1, -0.05) is 18.2 Å². The van der Waals surface area contributed by atoms with Crippen LogP contribution in [0.3, 0.4) is 0 Å². The van der Waals surface area contributed by atoms with Gasteiger partial charge in [0, 0.05) is 52.3 Å². The molecule has 1 N–H and O–H groups in total. The Morgan fingerprint density at radius 3 is 1.75 bits per heavy atom. The molecule has 0 fully saturated rings. The molecule has 40 heavy (non-hydrogen) atoms. The van der Waals surface area contributed by atoms with Gasteiger partial charge in [0.05, 0.1) is 40.0 Å². The van der Waals surface area contributed by atoms with E-state index in [4.69, 9.17) is 4.98 Å². The van der Waals surface area contributed by atoms with E-state index in [0.717, 1.165) is 4.90 Å². The molecule has 2 unspecified atom stereocenters. The van der Waals surface area contributed by atoms with Gasteiger partial charge in [0.15, 0.2) is 5.78 Å². The third kappa shape index (κ3) is 4.14. The summed E-state index contributed by atoms with van der Waals surface area (Å²) in [5, 5.41) is 12.0. The van der Waals surface area contributed by atoms with E-state index in [-0.39, 0.29) is 22.6 Å². The van der Waals surface area contributed by atoms with E-state index in [1.54, 1.807) is 30.3 Å². The van der Waals surface area contributed by atoms with Gasteiger partial charge in [0.25, 0.3) is 11.8 Å². The topological polar surface area (TPSA) is 87.6 Å². The Balaban J connectivity index is 1.51. The van der Waals surface area contributed by atoms with Crippen molar-refractivity contribution in [2.75, 3.05) is 4.90 Å². The molecule has 6 nitrogen and oxygen atoms in total. The van der Waals surface area contributed by atoms with E-state index < -0.39 is 23.8 Å². The number of anilines is 1. The number of para-hydroxylation sites is 1. The maximum absolute atomic E-state index is 13.7. The standard InChI is InChI=1S/C26H8Br8N2O4/c27-14-10-11(15(28)19(32)18(14)31)24(38)9(23(10)37)7-5-4-6-2-1-3-8(22(6)35-7)36-25(39)12-13(26(36)40)17(30)21(34)20(33)16(12)29/h1-5,9,23,37H. The van der Waals surface area contributed by atoms with Crippen molar-refractivity contribution in [3.8, 4) is 0 Å². The summed E-state index contributed by atoms with van der Waals surface area (Å²) in [5.41, 5.74) is 2.13. The molecule has 0 saturated heterocycles. The Morgan fingerprint density at radius 2 is 1.18 bits per heavy atom. The number of amides is 2. The molecule has 0 bridgehead atoms. The van der Waals surface area contributed by atoms with Gasteiger partial charge in [0.1, 0.15) is 0 Å². The Bertz CT molecular complexity index is 1850. The molecule has 0 saturated carbocycles. The first-order chi connectivity index (χ1) is 18.9. The van der Waals surface area contributed by atoms with Gasteiger partial charge in [-0.05, 0) is 140 Å². The van der Waals surface area contributed by atoms with Crippen molar-refractivity contribution in [2.45, 2.75) is 12.0 Å². The second-order valence-electron chi connectivity index (χ2n) is 8.87. The van der Waals surface area contributed by atoms with Gasteiger partial charge in [-0.2, -0.15) is 0 Å². The number of rotatable bonds is 2. The normalized spacial score (nSPS) is 18.2. The van der Waals surface area contributed by atoms with Crippen LogP contribution in [0.25, 0.3) is 10.9 Å². The van der Waals surface area contributed by atoms with Crippen LogP contribution < -0.4 is 4.90 Å². The first kappa shape index (κ1) is 29.7. The summed E-state index contributed by atoms with van der Waals surface area (Å²) in [7, 11) is 0. The predicted octanol–water partition coefficient (Wildman–Crippen LogP) is 10.1. The molecule has 202 valence electrons. The van der Waals surface area contributed by atoms with E-state index in [1.807, 2.05) is 0 Å². The van der Waals surface area contributed by atoms with Crippen molar-refractivity contribution in [2.24, 2.45) is 0 Å². The fourth-order valence-electron chi connectivity index (χ4n) is 5.00. The summed E-state index contributed by atoms with van der Waals surface area (Å²) >= 11 is 27.7. The van der Waals surface area contributed by atoms with E-state index in [0.29, 0.717) is 63.5 Å². The molecule has 2 aliphatic rings. The minimum Gasteiger partial charge on any atom is -0.387 e. The number of hydrogen-bond acceptors (Lipinski definition) is 5. The summed E-state index contributed by atoms with van der Waals surface area (Å²) in [6.45, 7) is 0. The molecular formula is C26H8Br8N2O4. The highest BCUT2D eigenvalue weighted by Crippen LogP contribution is 2.53. The van der Waals surface area contributed by atoms with Crippen molar-refractivity contribution in [3.63, 3.8) is 0 Å². The highest BCUT2D eigenvalue weighted by atomic mass is 79.9.